The van der Waals surface area contributed by atoms with Crippen LogP contribution in [-0.4, -0.2) is 48.8 Å². The Hall–Kier alpha value is -1.14. The molecule has 1 heterocycles. The minimum absolute atomic E-state index is 0.0409. The van der Waals surface area contributed by atoms with Crippen LogP contribution in [0.4, 0.5) is 0 Å². The summed E-state index contributed by atoms with van der Waals surface area (Å²) in [5, 5.41) is 15.8. The lowest BCUT2D eigenvalue weighted by Gasteiger charge is -2.18. The molecule has 0 amide bonds. The van der Waals surface area contributed by atoms with Crippen molar-refractivity contribution in [2.75, 3.05) is 31.7 Å². The van der Waals surface area contributed by atoms with Crippen LogP contribution in [0.25, 0.3) is 0 Å². The predicted octanol–water partition coefficient (Wildman–Crippen LogP) is 1.49. The van der Waals surface area contributed by atoms with Crippen molar-refractivity contribution in [3.05, 3.63) is 24.2 Å². The van der Waals surface area contributed by atoms with E-state index in [2.05, 4.69) is 21.9 Å². The van der Waals surface area contributed by atoms with Gasteiger partial charge in [-0.2, -0.15) is 11.8 Å². The first kappa shape index (κ1) is 16.9. The largest absolute Gasteiger partial charge is 0.469 e. The maximum absolute atomic E-state index is 9.26. The molecule has 0 saturated carbocycles. The Bertz CT molecular complexity index is 365. The fourth-order valence-corrected chi connectivity index (χ4v) is 1.90. The van der Waals surface area contributed by atoms with Gasteiger partial charge in [0.1, 0.15) is 5.76 Å². The van der Waals surface area contributed by atoms with Gasteiger partial charge in [0, 0.05) is 18.7 Å². The molecule has 0 bridgehead atoms. The fourth-order valence-electron chi connectivity index (χ4n) is 1.63. The Morgan fingerprint density at radius 3 is 3.00 bits per heavy atom. The third-order valence-electron chi connectivity index (χ3n) is 2.86. The molecule has 0 radical (unpaired) electrons. The Morgan fingerprint density at radius 2 is 2.40 bits per heavy atom. The molecule has 3 N–H and O–H groups in total. The molecule has 0 aliphatic heterocycles. The lowest BCUT2D eigenvalue weighted by Crippen LogP contribution is -2.45. The molecule has 0 aromatic carbocycles. The summed E-state index contributed by atoms with van der Waals surface area (Å²) in [6.07, 6.45) is 5.42. The summed E-state index contributed by atoms with van der Waals surface area (Å²) in [5.74, 6) is 2.70. The van der Waals surface area contributed by atoms with Crippen molar-refractivity contribution in [1.29, 1.82) is 0 Å². The Kier molecular flexibility index (Phi) is 8.98. The highest BCUT2D eigenvalue weighted by atomic mass is 32.2. The van der Waals surface area contributed by atoms with Gasteiger partial charge in [0.25, 0.3) is 0 Å². The maximum atomic E-state index is 9.26. The number of furan rings is 1. The average Bonchev–Trinajstić information content (AvgIpc) is 2.97. The maximum Gasteiger partial charge on any atom is 0.191 e. The van der Waals surface area contributed by atoms with Crippen LogP contribution in [0.15, 0.2) is 27.8 Å². The van der Waals surface area contributed by atoms with Crippen molar-refractivity contribution in [3.8, 4) is 0 Å². The summed E-state index contributed by atoms with van der Waals surface area (Å²) in [7, 11) is 0. The monoisotopic (exact) mass is 299 g/mol. The second kappa shape index (κ2) is 10.6. The van der Waals surface area contributed by atoms with Gasteiger partial charge < -0.3 is 20.2 Å². The highest BCUT2D eigenvalue weighted by Gasteiger charge is 2.07. The number of nitrogens with zero attached hydrogens (tertiary/aromatic N) is 1. The molecule has 5 nitrogen and oxygen atoms in total. The summed E-state index contributed by atoms with van der Waals surface area (Å²) in [6, 6.07) is 3.89. The number of aliphatic hydroxyl groups excluding tert-OH is 1. The van der Waals surface area contributed by atoms with Gasteiger partial charge in [-0.05, 0) is 24.8 Å². The quantitative estimate of drug-likeness (QED) is 0.366. The van der Waals surface area contributed by atoms with E-state index in [0.717, 1.165) is 43.4 Å². The number of hydrogen-bond donors (Lipinski definition) is 3. The number of aliphatic hydroxyl groups is 1. The minimum Gasteiger partial charge on any atom is -0.469 e. The first-order chi connectivity index (χ1) is 9.80. The lowest BCUT2D eigenvalue weighted by molar-refractivity contribution is 0.251. The molecular weight excluding hydrogens is 274 g/mol. The topological polar surface area (TPSA) is 69.8 Å². The molecule has 0 fully saturated rings. The average molecular weight is 299 g/mol. The van der Waals surface area contributed by atoms with Crippen LogP contribution < -0.4 is 10.6 Å². The highest BCUT2D eigenvalue weighted by molar-refractivity contribution is 7.98. The van der Waals surface area contributed by atoms with Crippen molar-refractivity contribution < 1.29 is 9.52 Å². The molecule has 0 aliphatic rings. The van der Waals surface area contributed by atoms with E-state index in [9.17, 15) is 5.11 Å². The van der Waals surface area contributed by atoms with Gasteiger partial charge in [0.2, 0.25) is 0 Å². The molecule has 1 aromatic heterocycles. The summed E-state index contributed by atoms with van der Waals surface area (Å²) in [5.41, 5.74) is 0. The van der Waals surface area contributed by atoms with Crippen molar-refractivity contribution in [1.82, 2.24) is 10.6 Å². The molecular formula is C14H25N3O2S. The van der Waals surface area contributed by atoms with E-state index in [0.29, 0.717) is 0 Å². The van der Waals surface area contributed by atoms with E-state index in [-0.39, 0.29) is 12.6 Å². The normalized spacial score (nSPS) is 13.2. The van der Waals surface area contributed by atoms with Crippen LogP contribution in [0, 0.1) is 0 Å². The third kappa shape index (κ3) is 6.86. The van der Waals surface area contributed by atoms with Gasteiger partial charge >= 0.3 is 0 Å². The summed E-state index contributed by atoms with van der Waals surface area (Å²) >= 11 is 1.77. The zero-order valence-electron chi connectivity index (χ0n) is 12.3. The van der Waals surface area contributed by atoms with Gasteiger partial charge in [-0.25, -0.2) is 0 Å². The fraction of sp³-hybridized carbons (Fsp3) is 0.643. The van der Waals surface area contributed by atoms with Crippen molar-refractivity contribution >= 4 is 17.7 Å². The Balaban J connectivity index is 2.42. The predicted molar refractivity (Wildman–Crippen MR) is 85.4 cm³/mol. The van der Waals surface area contributed by atoms with Crippen molar-refractivity contribution in [2.45, 2.75) is 25.8 Å². The Morgan fingerprint density at radius 1 is 1.55 bits per heavy atom. The lowest BCUT2D eigenvalue weighted by atomic mass is 10.2. The van der Waals surface area contributed by atoms with Crippen LogP contribution in [0.2, 0.25) is 0 Å². The van der Waals surface area contributed by atoms with Crippen LogP contribution in [0.5, 0.6) is 0 Å². The second-order valence-electron chi connectivity index (χ2n) is 4.41. The van der Waals surface area contributed by atoms with Crippen LogP contribution in [0.1, 0.15) is 19.1 Å². The zero-order chi connectivity index (χ0) is 14.6. The SMILES string of the molecule is CC[C@H](CO)NC(=NCCSC)NCCc1ccco1. The van der Waals surface area contributed by atoms with E-state index >= 15 is 0 Å². The van der Waals surface area contributed by atoms with Crippen molar-refractivity contribution in [2.24, 2.45) is 4.99 Å². The number of hydrogen-bond acceptors (Lipinski definition) is 4. The van der Waals surface area contributed by atoms with Gasteiger partial charge in [-0.1, -0.05) is 6.92 Å². The van der Waals surface area contributed by atoms with Crippen molar-refractivity contribution in [3.63, 3.8) is 0 Å². The van der Waals surface area contributed by atoms with Gasteiger partial charge in [0.05, 0.1) is 25.5 Å². The van der Waals surface area contributed by atoms with Gasteiger partial charge in [-0.3, -0.25) is 4.99 Å². The molecule has 0 unspecified atom stereocenters. The number of aliphatic imine (C=N–C) groups is 1. The van der Waals surface area contributed by atoms with E-state index in [1.807, 2.05) is 19.1 Å². The Labute approximate surface area is 125 Å². The smallest absolute Gasteiger partial charge is 0.191 e. The van der Waals surface area contributed by atoms with E-state index in [4.69, 9.17) is 4.42 Å². The number of thioether (sulfide) groups is 1. The molecule has 0 spiro atoms. The third-order valence-corrected chi connectivity index (χ3v) is 3.45. The highest BCUT2D eigenvalue weighted by Crippen LogP contribution is 1.99. The summed E-state index contributed by atoms with van der Waals surface area (Å²) < 4.78 is 5.29. The van der Waals surface area contributed by atoms with E-state index in [1.165, 1.54) is 0 Å². The van der Waals surface area contributed by atoms with Gasteiger partial charge in [0.15, 0.2) is 5.96 Å². The number of rotatable bonds is 9. The molecule has 20 heavy (non-hydrogen) atoms. The number of nitrogens with one attached hydrogen (secondary N) is 2. The summed E-state index contributed by atoms with van der Waals surface area (Å²) in [6.45, 7) is 3.66. The number of guanidine groups is 1. The molecule has 114 valence electrons. The standard InChI is InChI=1S/C14H25N3O2S/c1-3-12(11-18)17-14(16-8-10-20-2)15-7-6-13-5-4-9-19-13/h4-5,9,12,18H,3,6-8,10-11H2,1-2H3,(H2,15,16,17)/t12-/m1/s1. The minimum atomic E-state index is 0.0409. The molecule has 1 atom stereocenters. The zero-order valence-corrected chi connectivity index (χ0v) is 13.1. The summed E-state index contributed by atoms with van der Waals surface area (Å²) in [4.78, 5) is 4.50. The van der Waals surface area contributed by atoms with E-state index in [1.54, 1.807) is 18.0 Å². The molecule has 1 aromatic rings. The molecule has 1 rings (SSSR count). The molecule has 0 aliphatic carbocycles. The van der Waals surface area contributed by atoms with Crippen LogP contribution in [0.3, 0.4) is 0 Å². The first-order valence-corrected chi connectivity index (χ1v) is 8.36. The molecule has 6 heteroatoms. The molecule has 0 saturated heterocycles. The van der Waals surface area contributed by atoms with E-state index < -0.39 is 0 Å². The first-order valence-electron chi connectivity index (χ1n) is 6.97. The van der Waals surface area contributed by atoms with Crippen LogP contribution in [-0.2, 0) is 6.42 Å². The van der Waals surface area contributed by atoms with Crippen LogP contribution >= 0.6 is 11.8 Å². The second-order valence-corrected chi connectivity index (χ2v) is 5.40. The van der Waals surface area contributed by atoms with Gasteiger partial charge in [-0.15, -0.1) is 0 Å².